The van der Waals surface area contributed by atoms with Gasteiger partial charge in [0.05, 0.1) is 12.8 Å². The van der Waals surface area contributed by atoms with Gasteiger partial charge in [0.25, 0.3) is 0 Å². The fraction of sp³-hybridized carbons (Fsp3) is 0.647. The molecule has 0 aliphatic carbocycles. The van der Waals surface area contributed by atoms with Crippen molar-refractivity contribution in [2.75, 3.05) is 26.2 Å². The molecule has 1 atom stereocenters. The van der Waals surface area contributed by atoms with Crippen molar-refractivity contribution in [1.29, 1.82) is 0 Å². The second-order valence-electron chi connectivity index (χ2n) is 6.88. The summed E-state index contributed by atoms with van der Waals surface area (Å²) in [4.78, 5) is 16.2. The Hall–Kier alpha value is -1.29. The van der Waals surface area contributed by atoms with Crippen LogP contribution in [0.3, 0.4) is 0 Å². The minimum Gasteiger partial charge on any atom is -0.466 e. The van der Waals surface area contributed by atoms with Gasteiger partial charge in [-0.25, -0.2) is 4.99 Å². The van der Waals surface area contributed by atoms with Gasteiger partial charge in [0.2, 0.25) is 5.91 Å². The molecule has 0 spiro atoms. The number of hydrogen-bond donors (Lipinski definition) is 4. The van der Waals surface area contributed by atoms with Crippen molar-refractivity contribution >= 4 is 35.8 Å². The van der Waals surface area contributed by atoms with Crippen LogP contribution in [0.15, 0.2) is 27.8 Å². The minimum atomic E-state index is -1.17. The Morgan fingerprint density at radius 3 is 2.36 bits per heavy atom. The summed E-state index contributed by atoms with van der Waals surface area (Å²) in [5.41, 5.74) is -1.58. The van der Waals surface area contributed by atoms with Gasteiger partial charge in [-0.3, -0.25) is 4.79 Å². The Labute approximate surface area is 167 Å². The molecular formula is C17H31IN4O3. The number of nitrogens with one attached hydrogen (secondary N) is 3. The van der Waals surface area contributed by atoms with E-state index in [2.05, 4.69) is 20.9 Å². The first kappa shape index (κ1) is 23.7. The van der Waals surface area contributed by atoms with Gasteiger partial charge < -0.3 is 25.5 Å². The number of aliphatic imine (C=N–C) groups is 1. The molecule has 25 heavy (non-hydrogen) atoms. The van der Waals surface area contributed by atoms with Gasteiger partial charge in [0, 0.05) is 25.0 Å². The molecule has 4 N–H and O–H groups in total. The lowest BCUT2D eigenvalue weighted by Crippen LogP contribution is -2.44. The average Bonchev–Trinajstić information content (AvgIpc) is 3.03. The van der Waals surface area contributed by atoms with Crippen LogP contribution in [0.2, 0.25) is 0 Å². The van der Waals surface area contributed by atoms with E-state index in [4.69, 9.17) is 4.42 Å². The molecule has 8 heteroatoms. The van der Waals surface area contributed by atoms with E-state index in [9.17, 15) is 9.90 Å². The van der Waals surface area contributed by atoms with Gasteiger partial charge in [-0.2, -0.15) is 0 Å². The molecule has 1 unspecified atom stereocenters. The zero-order chi connectivity index (χ0) is 18.2. The Morgan fingerprint density at radius 1 is 1.20 bits per heavy atom. The molecule has 7 nitrogen and oxygen atoms in total. The van der Waals surface area contributed by atoms with E-state index in [0.29, 0.717) is 31.4 Å². The Balaban J connectivity index is 0.00000576. The van der Waals surface area contributed by atoms with E-state index in [1.54, 1.807) is 19.1 Å². The first-order valence-corrected chi connectivity index (χ1v) is 8.23. The van der Waals surface area contributed by atoms with Crippen molar-refractivity contribution in [3.63, 3.8) is 0 Å². The normalized spacial score (nSPS) is 14.2. The second-order valence-corrected chi connectivity index (χ2v) is 6.88. The lowest BCUT2D eigenvalue weighted by Gasteiger charge is -2.20. The summed E-state index contributed by atoms with van der Waals surface area (Å²) in [6.45, 7) is 11.1. The molecular weight excluding hydrogens is 435 g/mol. The molecule has 1 aromatic rings. The Kier molecular flexibility index (Phi) is 10.1. The molecule has 144 valence electrons. The summed E-state index contributed by atoms with van der Waals surface area (Å²) < 4.78 is 5.24. The molecule has 1 rings (SSSR count). The number of carbonyl (C=O) groups excluding carboxylic acids is 1. The van der Waals surface area contributed by atoms with Crippen LogP contribution in [-0.2, 0) is 10.4 Å². The number of amides is 1. The molecule has 0 aromatic carbocycles. The molecule has 0 radical (unpaired) electrons. The van der Waals surface area contributed by atoms with Crippen LogP contribution in [0.4, 0.5) is 0 Å². The summed E-state index contributed by atoms with van der Waals surface area (Å²) in [6.07, 6.45) is 1.52. The topological polar surface area (TPSA) is 98.9 Å². The third kappa shape index (κ3) is 8.57. The zero-order valence-corrected chi connectivity index (χ0v) is 18.0. The highest BCUT2D eigenvalue weighted by molar-refractivity contribution is 14.0. The lowest BCUT2D eigenvalue weighted by atomic mass is 9.96. The highest BCUT2D eigenvalue weighted by atomic mass is 127. The van der Waals surface area contributed by atoms with E-state index in [1.165, 1.54) is 6.26 Å². The number of nitrogens with zero attached hydrogens (tertiary/aromatic N) is 1. The zero-order valence-electron chi connectivity index (χ0n) is 15.7. The molecule has 0 saturated carbocycles. The highest BCUT2D eigenvalue weighted by Crippen LogP contribution is 2.20. The molecule has 0 bridgehead atoms. The molecule has 1 heterocycles. The van der Waals surface area contributed by atoms with Crippen LogP contribution in [-0.4, -0.2) is 43.2 Å². The number of furan rings is 1. The maximum absolute atomic E-state index is 11.8. The first-order valence-electron chi connectivity index (χ1n) is 8.23. The van der Waals surface area contributed by atoms with Gasteiger partial charge in [-0.15, -0.1) is 24.0 Å². The fourth-order valence-corrected chi connectivity index (χ4v) is 1.86. The predicted molar refractivity (Wildman–Crippen MR) is 110 cm³/mol. The van der Waals surface area contributed by atoms with Crippen molar-refractivity contribution < 1.29 is 14.3 Å². The van der Waals surface area contributed by atoms with Gasteiger partial charge in [-0.05, 0) is 26.0 Å². The number of carbonyl (C=O) groups is 1. The maximum Gasteiger partial charge on any atom is 0.225 e. The number of aliphatic hydroxyl groups is 1. The number of halogens is 1. The fourth-order valence-electron chi connectivity index (χ4n) is 1.86. The van der Waals surface area contributed by atoms with Gasteiger partial charge >= 0.3 is 0 Å². The van der Waals surface area contributed by atoms with Crippen LogP contribution in [0.1, 0.15) is 40.4 Å². The minimum absolute atomic E-state index is 0. The van der Waals surface area contributed by atoms with Crippen LogP contribution in [0, 0.1) is 5.41 Å². The maximum atomic E-state index is 11.8. The average molecular weight is 466 g/mol. The third-order valence-corrected chi connectivity index (χ3v) is 3.33. The smallest absolute Gasteiger partial charge is 0.225 e. The molecule has 0 saturated heterocycles. The van der Waals surface area contributed by atoms with Crippen molar-refractivity contribution in [1.82, 2.24) is 16.0 Å². The van der Waals surface area contributed by atoms with Gasteiger partial charge in [0.15, 0.2) is 5.96 Å². The van der Waals surface area contributed by atoms with E-state index in [-0.39, 0.29) is 36.4 Å². The third-order valence-electron chi connectivity index (χ3n) is 3.33. The monoisotopic (exact) mass is 466 g/mol. The van der Waals surface area contributed by atoms with Crippen LogP contribution >= 0.6 is 24.0 Å². The number of rotatable bonds is 7. The summed E-state index contributed by atoms with van der Waals surface area (Å²) >= 11 is 0. The van der Waals surface area contributed by atoms with Gasteiger partial charge in [0.1, 0.15) is 11.4 Å². The van der Waals surface area contributed by atoms with Crippen molar-refractivity contribution in [3.8, 4) is 0 Å². The van der Waals surface area contributed by atoms with Crippen LogP contribution < -0.4 is 16.0 Å². The van der Waals surface area contributed by atoms with E-state index >= 15 is 0 Å². The SMILES string of the molecule is CCNC(=NCC(C)(O)c1ccco1)NCCNC(=O)C(C)(C)C.I. The van der Waals surface area contributed by atoms with E-state index < -0.39 is 11.0 Å². The summed E-state index contributed by atoms with van der Waals surface area (Å²) in [5.74, 6) is 1.06. The molecule has 0 fully saturated rings. The second kappa shape index (κ2) is 10.6. The van der Waals surface area contributed by atoms with E-state index in [0.717, 1.165) is 0 Å². The molecule has 0 aliphatic rings. The van der Waals surface area contributed by atoms with Crippen LogP contribution in [0.25, 0.3) is 0 Å². The Bertz CT molecular complexity index is 537. The standard InChI is InChI=1S/C17H30N4O3.HI/c1-6-18-15(20-10-9-19-14(22)16(2,3)4)21-12-17(5,23)13-8-7-11-24-13;/h7-8,11,23H,6,9-10,12H2,1-5H3,(H,19,22)(H2,18,20,21);1H. The molecule has 1 aromatic heterocycles. The largest absolute Gasteiger partial charge is 0.466 e. The van der Waals surface area contributed by atoms with Crippen molar-refractivity contribution in [3.05, 3.63) is 24.2 Å². The number of guanidine groups is 1. The quantitative estimate of drug-likeness (QED) is 0.213. The summed E-state index contributed by atoms with van der Waals surface area (Å²) in [7, 11) is 0. The van der Waals surface area contributed by atoms with Crippen molar-refractivity contribution in [2.45, 2.75) is 40.2 Å². The molecule has 0 aliphatic heterocycles. The van der Waals surface area contributed by atoms with Crippen LogP contribution in [0.5, 0.6) is 0 Å². The van der Waals surface area contributed by atoms with Crippen molar-refractivity contribution in [2.24, 2.45) is 10.4 Å². The van der Waals surface area contributed by atoms with Gasteiger partial charge in [-0.1, -0.05) is 20.8 Å². The first-order chi connectivity index (χ1) is 11.2. The lowest BCUT2D eigenvalue weighted by molar-refractivity contribution is -0.128. The van der Waals surface area contributed by atoms with E-state index in [1.807, 2.05) is 27.7 Å². The summed E-state index contributed by atoms with van der Waals surface area (Å²) in [5, 5.41) is 19.5. The molecule has 1 amide bonds. The Morgan fingerprint density at radius 2 is 1.84 bits per heavy atom. The summed E-state index contributed by atoms with van der Waals surface area (Å²) in [6, 6.07) is 3.45. The predicted octanol–water partition coefficient (Wildman–Crippen LogP) is 1.82. The highest BCUT2D eigenvalue weighted by Gasteiger charge is 2.26. The number of hydrogen-bond acceptors (Lipinski definition) is 4.